The molecule has 6 heteroatoms. The summed E-state index contributed by atoms with van der Waals surface area (Å²) in [6.45, 7) is 0. The van der Waals surface area contributed by atoms with E-state index in [1.54, 1.807) is 11.8 Å². The number of benzene rings is 4. The molecule has 0 aromatic heterocycles. The molecule has 0 saturated carbocycles. The minimum atomic E-state index is 0.739. The highest BCUT2D eigenvalue weighted by molar-refractivity contribution is 7.99. The van der Waals surface area contributed by atoms with E-state index in [9.17, 15) is 0 Å². The van der Waals surface area contributed by atoms with E-state index in [0.29, 0.717) is 0 Å². The predicted molar refractivity (Wildman–Crippen MR) is 129 cm³/mol. The lowest BCUT2D eigenvalue weighted by Crippen LogP contribution is -2.01. The maximum Gasteiger partial charge on any atom is 0.0527 e. The van der Waals surface area contributed by atoms with Crippen molar-refractivity contribution in [3.8, 4) is 0 Å². The van der Waals surface area contributed by atoms with Crippen LogP contribution in [0.5, 0.6) is 0 Å². The summed E-state index contributed by atoms with van der Waals surface area (Å²) < 4.78 is 0. The van der Waals surface area contributed by atoms with Crippen LogP contribution in [0.25, 0.3) is 0 Å². The van der Waals surface area contributed by atoms with Gasteiger partial charge >= 0.3 is 0 Å². The number of fused-ring (bicyclic) bond motifs is 2. The molecule has 0 aliphatic carbocycles. The largest absolute Gasteiger partial charge is 0.399 e. The van der Waals surface area contributed by atoms with Crippen molar-refractivity contribution in [2.24, 2.45) is 0 Å². The molecule has 0 fully saturated rings. The van der Waals surface area contributed by atoms with Crippen LogP contribution in [-0.4, -0.2) is 0 Å². The van der Waals surface area contributed by atoms with E-state index in [0.717, 1.165) is 55.3 Å². The Hall–Kier alpha value is -3.77. The van der Waals surface area contributed by atoms with E-state index < -0.39 is 0 Å². The van der Waals surface area contributed by atoms with Crippen LogP contribution >= 0.6 is 11.8 Å². The van der Waals surface area contributed by atoms with Gasteiger partial charge in [0.1, 0.15) is 0 Å². The van der Waals surface area contributed by atoms with Crippen LogP contribution in [0, 0.1) is 0 Å². The van der Waals surface area contributed by atoms with Crippen molar-refractivity contribution >= 4 is 57.3 Å². The Bertz CT molecular complexity index is 1140. The molecular weight excluding hydrogens is 390 g/mol. The Morgan fingerprint density at radius 3 is 1.50 bits per heavy atom. The van der Waals surface area contributed by atoms with Gasteiger partial charge in [-0.3, -0.25) is 0 Å². The zero-order valence-electron chi connectivity index (χ0n) is 16.1. The second-order valence-corrected chi connectivity index (χ2v) is 8.23. The van der Waals surface area contributed by atoms with Crippen LogP contribution in [-0.2, 0) is 0 Å². The molecule has 0 saturated heterocycles. The zero-order valence-corrected chi connectivity index (χ0v) is 17.0. The van der Waals surface area contributed by atoms with Gasteiger partial charge in [0.15, 0.2) is 0 Å². The average molecular weight is 412 g/mol. The number of hydrogen-bond acceptors (Lipinski definition) is 6. The predicted octanol–water partition coefficient (Wildman–Crippen LogP) is 6.55. The average Bonchev–Trinajstić information content (AvgIpc) is 2.72. The number of nitrogens with one attached hydrogen (secondary N) is 3. The van der Waals surface area contributed by atoms with E-state index in [-0.39, 0.29) is 0 Å². The first-order valence-corrected chi connectivity index (χ1v) is 10.4. The van der Waals surface area contributed by atoms with Crippen molar-refractivity contribution in [1.82, 2.24) is 0 Å². The zero-order chi connectivity index (χ0) is 20.5. The van der Waals surface area contributed by atoms with Crippen molar-refractivity contribution in [2.45, 2.75) is 9.79 Å². The summed E-state index contributed by atoms with van der Waals surface area (Å²) in [5.74, 6) is 0. The lowest BCUT2D eigenvalue weighted by atomic mass is 10.2. The van der Waals surface area contributed by atoms with Gasteiger partial charge in [0.2, 0.25) is 0 Å². The SMILES string of the molecule is Nc1cccc(Nc2ccc3c(c2)Sc2cc(Nc4cccc(N)c4)ccc2N3)c1. The summed E-state index contributed by atoms with van der Waals surface area (Å²) in [6, 6.07) is 28.1. The molecule has 0 radical (unpaired) electrons. The Balaban J connectivity index is 1.38. The Morgan fingerprint density at radius 1 is 0.567 bits per heavy atom. The summed E-state index contributed by atoms with van der Waals surface area (Å²) in [4.78, 5) is 2.33. The quantitative estimate of drug-likeness (QED) is 0.216. The molecule has 4 aromatic rings. The topological polar surface area (TPSA) is 88.1 Å². The van der Waals surface area contributed by atoms with E-state index in [4.69, 9.17) is 11.5 Å². The minimum absolute atomic E-state index is 0.739. The summed E-state index contributed by atoms with van der Waals surface area (Å²) in [6.07, 6.45) is 0. The highest BCUT2D eigenvalue weighted by Gasteiger charge is 2.17. The molecule has 5 rings (SSSR count). The van der Waals surface area contributed by atoms with Gasteiger partial charge < -0.3 is 27.4 Å². The molecule has 1 heterocycles. The highest BCUT2D eigenvalue weighted by Crippen LogP contribution is 2.46. The third-order valence-corrected chi connectivity index (χ3v) is 5.92. The standard InChI is InChI=1S/C24H21N5S/c25-15-3-1-5-17(11-15)27-19-7-9-21-23(13-19)30-24-14-20(8-10-22(24)29-21)28-18-6-2-4-16(26)12-18/h1-14,27-29H,25-26H2. The fourth-order valence-corrected chi connectivity index (χ4v) is 4.47. The Labute approximate surface area is 179 Å². The molecule has 0 atom stereocenters. The second kappa shape index (κ2) is 7.57. The third-order valence-electron chi connectivity index (χ3n) is 4.80. The maximum absolute atomic E-state index is 5.89. The number of rotatable bonds is 4. The van der Waals surface area contributed by atoms with Crippen LogP contribution in [0.15, 0.2) is 94.7 Å². The molecule has 0 bridgehead atoms. The van der Waals surface area contributed by atoms with Crippen LogP contribution in [0.2, 0.25) is 0 Å². The fourth-order valence-electron chi connectivity index (χ4n) is 3.41. The summed E-state index contributed by atoms with van der Waals surface area (Å²) in [5, 5.41) is 10.4. The normalized spacial score (nSPS) is 11.7. The summed E-state index contributed by atoms with van der Waals surface area (Å²) in [7, 11) is 0. The van der Waals surface area contributed by atoms with Gasteiger partial charge in [0, 0.05) is 43.9 Å². The van der Waals surface area contributed by atoms with Gasteiger partial charge in [-0.05, 0) is 72.8 Å². The van der Waals surface area contributed by atoms with Gasteiger partial charge in [-0.2, -0.15) is 0 Å². The van der Waals surface area contributed by atoms with Crippen LogP contribution in [0.1, 0.15) is 0 Å². The van der Waals surface area contributed by atoms with E-state index in [1.807, 2.05) is 48.5 Å². The first-order chi connectivity index (χ1) is 14.6. The van der Waals surface area contributed by atoms with Crippen molar-refractivity contribution < 1.29 is 0 Å². The molecule has 1 aliphatic heterocycles. The van der Waals surface area contributed by atoms with Crippen molar-refractivity contribution in [1.29, 1.82) is 0 Å². The lowest BCUT2D eigenvalue weighted by Gasteiger charge is -2.22. The van der Waals surface area contributed by atoms with Crippen molar-refractivity contribution in [3.63, 3.8) is 0 Å². The molecule has 0 spiro atoms. The molecule has 0 unspecified atom stereocenters. The Morgan fingerprint density at radius 2 is 1.03 bits per heavy atom. The monoisotopic (exact) mass is 411 g/mol. The first-order valence-electron chi connectivity index (χ1n) is 9.60. The van der Waals surface area contributed by atoms with Crippen molar-refractivity contribution in [3.05, 3.63) is 84.9 Å². The van der Waals surface area contributed by atoms with Crippen LogP contribution in [0.4, 0.5) is 45.5 Å². The number of nitrogens with two attached hydrogens (primary N) is 2. The van der Waals surface area contributed by atoms with Gasteiger partial charge in [-0.25, -0.2) is 0 Å². The molecule has 30 heavy (non-hydrogen) atoms. The number of hydrogen-bond donors (Lipinski definition) is 5. The molecule has 4 aromatic carbocycles. The van der Waals surface area contributed by atoms with E-state index in [1.165, 1.54) is 0 Å². The van der Waals surface area contributed by atoms with Gasteiger partial charge in [-0.15, -0.1) is 0 Å². The van der Waals surface area contributed by atoms with Gasteiger partial charge in [0.05, 0.1) is 11.4 Å². The smallest absolute Gasteiger partial charge is 0.0527 e. The highest BCUT2D eigenvalue weighted by atomic mass is 32.2. The number of anilines is 8. The molecule has 0 amide bonds. The van der Waals surface area contributed by atoms with Gasteiger partial charge in [0.25, 0.3) is 0 Å². The molecular formula is C24H21N5S. The maximum atomic E-state index is 5.89. The third kappa shape index (κ3) is 3.86. The molecule has 148 valence electrons. The molecule has 7 N–H and O–H groups in total. The Kier molecular flexibility index (Phi) is 4.61. The van der Waals surface area contributed by atoms with Crippen molar-refractivity contribution in [2.75, 3.05) is 27.4 Å². The van der Waals surface area contributed by atoms with E-state index >= 15 is 0 Å². The van der Waals surface area contributed by atoms with E-state index in [2.05, 4.69) is 52.3 Å². The summed E-state index contributed by atoms with van der Waals surface area (Å²) in [5.41, 5.74) is 19.4. The minimum Gasteiger partial charge on any atom is -0.399 e. The number of nitrogen functional groups attached to an aromatic ring is 2. The molecule has 5 nitrogen and oxygen atoms in total. The van der Waals surface area contributed by atoms with Crippen LogP contribution < -0.4 is 27.4 Å². The van der Waals surface area contributed by atoms with Crippen LogP contribution in [0.3, 0.4) is 0 Å². The second-order valence-electron chi connectivity index (χ2n) is 7.15. The molecule has 1 aliphatic rings. The van der Waals surface area contributed by atoms with Gasteiger partial charge in [-0.1, -0.05) is 23.9 Å². The summed E-state index contributed by atoms with van der Waals surface area (Å²) >= 11 is 1.75. The lowest BCUT2D eigenvalue weighted by molar-refractivity contribution is 1.31. The first kappa shape index (κ1) is 18.3. The fraction of sp³-hybridized carbons (Fsp3) is 0.